The molecule has 0 aliphatic carbocycles. The van der Waals surface area contributed by atoms with Crippen LogP contribution >= 0.6 is 22.6 Å². The number of halogens is 1. The topological polar surface area (TPSA) is 46.5 Å². The van der Waals surface area contributed by atoms with Crippen molar-refractivity contribution in [2.45, 2.75) is 26.9 Å². The Morgan fingerprint density at radius 1 is 1.64 bits per heavy atom. The zero-order valence-electron chi connectivity index (χ0n) is 7.13. The van der Waals surface area contributed by atoms with Crippen molar-refractivity contribution in [3.63, 3.8) is 0 Å². The molecule has 0 rings (SSSR count). The van der Waals surface area contributed by atoms with Crippen LogP contribution in [0, 0.1) is 0 Å². The van der Waals surface area contributed by atoms with Gasteiger partial charge >= 0.3 is 5.97 Å². The maximum atomic E-state index is 10.2. The van der Waals surface area contributed by atoms with Gasteiger partial charge in [-0.15, -0.1) is 0 Å². The fourth-order valence-corrected chi connectivity index (χ4v) is 0.420. The quantitative estimate of drug-likeness (QED) is 0.470. The molecule has 0 unspecified atom stereocenters. The van der Waals surface area contributed by atoms with E-state index < -0.39 is 0 Å². The SMILES string of the molecule is CC(C)O.CCOC(=O)CI. The van der Waals surface area contributed by atoms with Gasteiger partial charge in [0.25, 0.3) is 0 Å². The number of rotatable bonds is 2. The van der Waals surface area contributed by atoms with Crippen molar-refractivity contribution in [2.24, 2.45) is 0 Å². The van der Waals surface area contributed by atoms with Gasteiger partial charge in [-0.3, -0.25) is 4.79 Å². The highest BCUT2D eigenvalue weighted by Gasteiger charge is 1.92. The largest absolute Gasteiger partial charge is 0.465 e. The summed E-state index contributed by atoms with van der Waals surface area (Å²) in [7, 11) is 0. The predicted molar refractivity (Wildman–Crippen MR) is 52.9 cm³/mol. The molecule has 0 spiro atoms. The van der Waals surface area contributed by atoms with Crippen molar-refractivity contribution in [3.05, 3.63) is 0 Å². The van der Waals surface area contributed by atoms with E-state index in [0.717, 1.165) is 0 Å². The summed E-state index contributed by atoms with van der Waals surface area (Å²) in [6.07, 6.45) is -0.167. The molecule has 0 atom stereocenters. The molecular weight excluding hydrogens is 259 g/mol. The molecule has 0 radical (unpaired) electrons. The van der Waals surface area contributed by atoms with Gasteiger partial charge in [0.15, 0.2) is 0 Å². The number of aliphatic hydroxyl groups is 1. The summed E-state index contributed by atoms with van der Waals surface area (Å²) in [5.74, 6) is -0.136. The minimum absolute atomic E-state index is 0.136. The number of ether oxygens (including phenoxy) is 1. The van der Waals surface area contributed by atoms with Crippen molar-refractivity contribution in [2.75, 3.05) is 11.0 Å². The first-order chi connectivity index (χ1) is 5.04. The molecule has 4 heteroatoms. The third-order valence-corrected chi connectivity index (χ3v) is 1.04. The lowest BCUT2D eigenvalue weighted by molar-refractivity contribution is -0.139. The number of alkyl halides is 1. The molecule has 0 aliphatic rings. The molecule has 0 aliphatic heterocycles. The van der Waals surface area contributed by atoms with E-state index in [0.29, 0.717) is 11.0 Å². The summed E-state index contributed by atoms with van der Waals surface area (Å²) >= 11 is 1.96. The van der Waals surface area contributed by atoms with Crippen LogP contribution in [-0.4, -0.2) is 28.2 Å². The molecule has 0 heterocycles. The Morgan fingerprint density at radius 2 is 2.00 bits per heavy atom. The molecule has 0 aromatic rings. The monoisotopic (exact) mass is 274 g/mol. The van der Waals surface area contributed by atoms with Crippen LogP contribution in [0.15, 0.2) is 0 Å². The molecule has 0 fully saturated rings. The van der Waals surface area contributed by atoms with Crippen LogP contribution in [0.2, 0.25) is 0 Å². The molecule has 68 valence electrons. The first kappa shape index (κ1) is 13.7. The summed E-state index contributed by atoms with van der Waals surface area (Å²) < 4.78 is 4.99. The van der Waals surface area contributed by atoms with E-state index in [9.17, 15) is 4.79 Å². The van der Waals surface area contributed by atoms with Gasteiger partial charge in [0, 0.05) is 6.10 Å². The van der Waals surface area contributed by atoms with Gasteiger partial charge in [-0.2, -0.15) is 0 Å². The van der Waals surface area contributed by atoms with Crippen molar-refractivity contribution in [3.8, 4) is 0 Å². The molecule has 0 bridgehead atoms. The number of carbonyl (C=O) groups excluding carboxylic acids is 1. The smallest absolute Gasteiger partial charge is 0.315 e. The molecule has 0 aromatic carbocycles. The standard InChI is InChI=1S/C4H7IO2.C3H8O/c1-2-7-4(6)3-5;1-3(2)4/h2-3H2,1H3;3-4H,1-2H3. The number of hydrogen-bond acceptors (Lipinski definition) is 3. The number of aliphatic hydroxyl groups excluding tert-OH is 1. The average molecular weight is 274 g/mol. The van der Waals surface area contributed by atoms with Crippen LogP contribution in [0.25, 0.3) is 0 Å². The Balaban J connectivity index is 0. The molecule has 0 saturated heterocycles. The predicted octanol–water partition coefficient (Wildman–Crippen LogP) is 1.37. The van der Waals surface area contributed by atoms with Crippen molar-refractivity contribution >= 4 is 28.6 Å². The lowest BCUT2D eigenvalue weighted by Gasteiger charge is -1.93. The van der Waals surface area contributed by atoms with Crippen LogP contribution in [0.4, 0.5) is 0 Å². The van der Waals surface area contributed by atoms with Crippen molar-refractivity contribution in [1.82, 2.24) is 0 Å². The van der Waals surface area contributed by atoms with Crippen LogP contribution in [-0.2, 0) is 9.53 Å². The van der Waals surface area contributed by atoms with Gasteiger partial charge < -0.3 is 9.84 Å². The average Bonchev–Trinajstić information content (AvgIpc) is 1.87. The Hall–Kier alpha value is 0.160. The van der Waals surface area contributed by atoms with E-state index in [4.69, 9.17) is 5.11 Å². The second-order valence-electron chi connectivity index (χ2n) is 2.03. The minimum Gasteiger partial charge on any atom is -0.465 e. The maximum Gasteiger partial charge on any atom is 0.315 e. The Morgan fingerprint density at radius 3 is 2.09 bits per heavy atom. The molecular formula is C7H15IO3. The van der Waals surface area contributed by atoms with Gasteiger partial charge in [0.05, 0.1) is 11.0 Å². The van der Waals surface area contributed by atoms with Crippen LogP contribution < -0.4 is 0 Å². The van der Waals surface area contributed by atoms with Crippen LogP contribution in [0.3, 0.4) is 0 Å². The lowest BCUT2D eigenvalue weighted by Crippen LogP contribution is -2.03. The van der Waals surface area contributed by atoms with E-state index in [1.54, 1.807) is 20.8 Å². The van der Waals surface area contributed by atoms with Crippen molar-refractivity contribution < 1.29 is 14.6 Å². The molecule has 11 heavy (non-hydrogen) atoms. The van der Waals surface area contributed by atoms with E-state index >= 15 is 0 Å². The van der Waals surface area contributed by atoms with E-state index in [2.05, 4.69) is 4.74 Å². The number of hydrogen-bond donors (Lipinski definition) is 1. The summed E-state index contributed by atoms with van der Waals surface area (Å²) in [6.45, 7) is 5.73. The third kappa shape index (κ3) is 25.4. The summed E-state index contributed by atoms with van der Waals surface area (Å²) in [5, 5.41) is 8.06. The minimum atomic E-state index is -0.167. The summed E-state index contributed by atoms with van der Waals surface area (Å²) in [4.78, 5) is 10.2. The summed E-state index contributed by atoms with van der Waals surface area (Å²) in [5.41, 5.74) is 0. The fraction of sp³-hybridized carbons (Fsp3) is 0.857. The fourth-order valence-electron chi connectivity index (χ4n) is 0.200. The van der Waals surface area contributed by atoms with Gasteiger partial charge in [-0.25, -0.2) is 0 Å². The molecule has 0 saturated carbocycles. The number of carbonyl (C=O) groups is 1. The molecule has 1 N–H and O–H groups in total. The van der Waals surface area contributed by atoms with Crippen molar-refractivity contribution in [1.29, 1.82) is 0 Å². The van der Waals surface area contributed by atoms with Crippen LogP contribution in [0.1, 0.15) is 20.8 Å². The first-order valence-corrected chi connectivity index (χ1v) is 4.96. The highest BCUT2D eigenvalue weighted by molar-refractivity contribution is 14.1. The van der Waals surface area contributed by atoms with Gasteiger partial charge in [0.1, 0.15) is 0 Å². The van der Waals surface area contributed by atoms with Gasteiger partial charge in [0.2, 0.25) is 0 Å². The Labute approximate surface area is 81.3 Å². The second-order valence-corrected chi connectivity index (χ2v) is 2.80. The van der Waals surface area contributed by atoms with E-state index in [1.165, 1.54) is 0 Å². The maximum absolute atomic E-state index is 10.2. The third-order valence-electron chi connectivity index (χ3n) is 0.414. The summed E-state index contributed by atoms with van der Waals surface area (Å²) in [6, 6.07) is 0. The van der Waals surface area contributed by atoms with Gasteiger partial charge in [-0.1, -0.05) is 22.6 Å². The van der Waals surface area contributed by atoms with E-state index in [1.807, 2.05) is 22.6 Å². The normalized spacial score (nSPS) is 8.55. The highest BCUT2D eigenvalue weighted by Crippen LogP contribution is 1.83. The first-order valence-electron chi connectivity index (χ1n) is 3.44. The lowest BCUT2D eigenvalue weighted by atomic mass is 10.5. The van der Waals surface area contributed by atoms with Crippen LogP contribution in [0.5, 0.6) is 0 Å². The zero-order valence-corrected chi connectivity index (χ0v) is 9.29. The molecule has 3 nitrogen and oxygen atoms in total. The van der Waals surface area contributed by atoms with E-state index in [-0.39, 0.29) is 12.1 Å². The molecule has 0 aromatic heterocycles. The highest BCUT2D eigenvalue weighted by atomic mass is 127. The Kier molecular flexibility index (Phi) is 12.7. The number of esters is 1. The zero-order chi connectivity index (χ0) is 9.28. The Bertz CT molecular complexity index is 90.9. The second kappa shape index (κ2) is 10.2. The van der Waals surface area contributed by atoms with Gasteiger partial charge in [-0.05, 0) is 20.8 Å². The molecule has 0 amide bonds.